The number of hydrogen-bond acceptors (Lipinski definition) is 8. The van der Waals surface area contributed by atoms with Gasteiger partial charge in [0, 0.05) is 67.6 Å². The van der Waals surface area contributed by atoms with E-state index in [4.69, 9.17) is 16.3 Å². The fourth-order valence-electron chi connectivity index (χ4n) is 8.53. The summed E-state index contributed by atoms with van der Waals surface area (Å²) in [6, 6.07) is 24.6. The third-order valence-electron chi connectivity index (χ3n) is 11.9. The van der Waals surface area contributed by atoms with Gasteiger partial charge in [0.05, 0.1) is 16.7 Å². The Morgan fingerprint density at radius 2 is 1.63 bits per heavy atom. The molecule has 14 nitrogen and oxygen atoms in total. The van der Waals surface area contributed by atoms with Crippen LogP contribution in [0.25, 0.3) is 28.2 Å². The van der Waals surface area contributed by atoms with E-state index in [1.165, 1.54) is 16.8 Å². The van der Waals surface area contributed by atoms with Crippen LogP contribution in [0.5, 0.6) is 0 Å². The average Bonchev–Trinajstić information content (AvgIpc) is 3.95. The first-order valence-electron chi connectivity index (χ1n) is 20.8. The first-order chi connectivity index (χ1) is 30.1. The van der Waals surface area contributed by atoms with Crippen LogP contribution in [0.2, 0.25) is 5.02 Å². The molecule has 6 aromatic rings. The molecule has 1 atom stereocenters. The van der Waals surface area contributed by atoms with Crippen molar-refractivity contribution in [2.45, 2.75) is 51.1 Å². The van der Waals surface area contributed by atoms with E-state index in [0.717, 1.165) is 34.4 Å². The standard InChI is InChI=1S/C46H44ClFN8O6/c47-32-10-16-37-38(25-32)50-46(49-37)56-45(61)36(14-7-29-5-11-33(48)12-6-29)42(52-56)30-8-3-28(4-9-30)2-1-23-62-27-41(58)54-21-19-53(20-22-54)34-13-15-35-31(24-34)26-55(44(35)60)39-17-18-40(57)51-43(39)59/h3-6,8-13,15-16,24-25,39,52H,1-2,7,14,17-23,26-27H2,(H,49,50)(H,51,57,59). The Labute approximate surface area is 360 Å². The van der Waals surface area contributed by atoms with Gasteiger partial charge in [-0.2, -0.15) is 4.68 Å². The third-order valence-corrected chi connectivity index (χ3v) is 12.2. The summed E-state index contributed by atoms with van der Waals surface area (Å²) < 4.78 is 20.8. The molecule has 1 unspecified atom stereocenters. The first kappa shape index (κ1) is 40.8. The molecule has 3 aliphatic heterocycles. The summed E-state index contributed by atoms with van der Waals surface area (Å²) in [5.41, 5.74) is 7.62. The van der Waals surface area contributed by atoms with Gasteiger partial charge in [-0.3, -0.25) is 34.4 Å². The number of nitrogens with one attached hydrogen (secondary N) is 3. The van der Waals surface area contributed by atoms with Crippen LogP contribution in [0.3, 0.4) is 0 Å². The number of rotatable bonds is 13. The summed E-state index contributed by atoms with van der Waals surface area (Å²) in [5, 5.41) is 6.17. The number of aromatic nitrogens is 4. The van der Waals surface area contributed by atoms with Gasteiger partial charge in [-0.15, -0.1) is 0 Å². The van der Waals surface area contributed by atoms with Gasteiger partial charge in [-0.1, -0.05) is 48.0 Å². The second kappa shape index (κ2) is 17.4. The molecule has 0 spiro atoms. The number of piperidine rings is 1. The molecule has 2 saturated heterocycles. The highest BCUT2D eigenvalue weighted by atomic mass is 35.5. The van der Waals surface area contributed by atoms with Gasteiger partial charge in [0.2, 0.25) is 23.7 Å². The predicted molar refractivity (Wildman–Crippen MR) is 231 cm³/mol. The number of carbonyl (C=O) groups excluding carboxylic acids is 4. The number of H-pyrrole nitrogens is 2. The molecule has 0 aliphatic carbocycles. The number of piperazine rings is 1. The first-order valence-corrected chi connectivity index (χ1v) is 21.2. The number of fused-ring (bicyclic) bond motifs is 2. The third kappa shape index (κ3) is 8.50. The summed E-state index contributed by atoms with van der Waals surface area (Å²) >= 11 is 6.19. The summed E-state index contributed by atoms with van der Waals surface area (Å²) in [4.78, 5) is 77.4. The zero-order valence-corrected chi connectivity index (χ0v) is 34.6. The van der Waals surface area contributed by atoms with Crippen molar-refractivity contribution < 1.29 is 28.3 Å². The van der Waals surface area contributed by atoms with Crippen LogP contribution in [-0.4, -0.2) is 98.6 Å². The van der Waals surface area contributed by atoms with E-state index in [2.05, 4.69) is 25.3 Å². The number of imidazole rings is 1. The highest BCUT2D eigenvalue weighted by molar-refractivity contribution is 6.31. The highest BCUT2D eigenvalue weighted by Gasteiger charge is 2.39. The van der Waals surface area contributed by atoms with E-state index in [-0.39, 0.29) is 42.1 Å². The molecule has 3 aliphatic rings. The smallest absolute Gasteiger partial charge is 0.277 e. The van der Waals surface area contributed by atoms with E-state index in [9.17, 15) is 28.4 Å². The second-order valence-corrected chi connectivity index (χ2v) is 16.4. The summed E-state index contributed by atoms with van der Waals surface area (Å²) in [6.07, 6.45) is 2.95. The largest absolute Gasteiger partial charge is 0.372 e. The Hall–Kier alpha value is -6.58. The monoisotopic (exact) mass is 858 g/mol. The van der Waals surface area contributed by atoms with Crippen molar-refractivity contribution in [3.63, 3.8) is 0 Å². The lowest BCUT2D eigenvalue weighted by Gasteiger charge is -2.36. The number of benzene rings is 4. The van der Waals surface area contributed by atoms with Crippen molar-refractivity contribution >= 4 is 52.0 Å². The van der Waals surface area contributed by atoms with Crippen LogP contribution in [0, 0.1) is 5.82 Å². The van der Waals surface area contributed by atoms with Crippen LogP contribution >= 0.6 is 11.6 Å². The maximum absolute atomic E-state index is 13.9. The van der Waals surface area contributed by atoms with Gasteiger partial charge < -0.3 is 24.4 Å². The predicted octanol–water partition coefficient (Wildman–Crippen LogP) is 5.35. The fraction of sp³-hybridized carbons (Fsp3) is 0.304. The lowest BCUT2D eigenvalue weighted by molar-refractivity contribution is -0.137. The highest BCUT2D eigenvalue weighted by Crippen LogP contribution is 2.31. The molecular weight excluding hydrogens is 815 g/mol. The molecule has 16 heteroatoms. The maximum atomic E-state index is 13.9. The molecule has 5 heterocycles. The van der Waals surface area contributed by atoms with Crippen molar-refractivity contribution in [3.05, 3.63) is 134 Å². The number of ether oxygens (including phenoxy) is 1. The molecular formula is C46H44ClFN8O6. The number of hydrogen-bond donors (Lipinski definition) is 3. The van der Waals surface area contributed by atoms with E-state index >= 15 is 0 Å². The Bertz CT molecular complexity index is 2740. The lowest BCUT2D eigenvalue weighted by atomic mass is 10.00. The minimum absolute atomic E-state index is 0.000604. The molecule has 3 N–H and O–H groups in total. The SMILES string of the molecule is O=C1CCC(N2Cc3cc(N4CCN(C(=O)COCCCc5ccc(-c6[nH]n(-c7nc8ccc(Cl)cc8[nH]7)c(=O)c6CCc6ccc(F)cc6)cc5)CC4)ccc3C2=O)C(=O)N1. The Morgan fingerprint density at radius 1 is 0.871 bits per heavy atom. The number of amides is 4. The van der Waals surface area contributed by atoms with Gasteiger partial charge in [-0.25, -0.2) is 9.37 Å². The second-order valence-electron chi connectivity index (χ2n) is 15.9. The van der Waals surface area contributed by atoms with Crippen molar-refractivity contribution in [3.8, 4) is 17.2 Å². The number of anilines is 1. The summed E-state index contributed by atoms with van der Waals surface area (Å²) in [7, 11) is 0. The topological polar surface area (TPSA) is 166 Å². The Morgan fingerprint density at radius 3 is 2.40 bits per heavy atom. The summed E-state index contributed by atoms with van der Waals surface area (Å²) in [5.74, 6) is -0.971. The van der Waals surface area contributed by atoms with Crippen LogP contribution in [0.4, 0.5) is 10.1 Å². The van der Waals surface area contributed by atoms with Crippen LogP contribution in [-0.2, 0) is 44.9 Å². The van der Waals surface area contributed by atoms with Crippen LogP contribution in [0.1, 0.15) is 51.9 Å². The lowest BCUT2D eigenvalue weighted by Crippen LogP contribution is -2.52. The van der Waals surface area contributed by atoms with Crippen LogP contribution < -0.4 is 15.8 Å². The quantitative estimate of drug-likeness (QED) is 0.103. The summed E-state index contributed by atoms with van der Waals surface area (Å²) in [6.45, 7) is 3.09. The van der Waals surface area contributed by atoms with Gasteiger partial charge in [0.1, 0.15) is 18.5 Å². The molecule has 62 heavy (non-hydrogen) atoms. The minimum atomic E-state index is -0.655. The van der Waals surface area contributed by atoms with Gasteiger partial charge in [0.15, 0.2) is 0 Å². The molecule has 0 radical (unpaired) electrons. The number of aromatic amines is 2. The zero-order valence-electron chi connectivity index (χ0n) is 33.8. The molecule has 4 aromatic carbocycles. The molecule has 4 amide bonds. The number of aryl methyl sites for hydroxylation is 2. The maximum Gasteiger partial charge on any atom is 0.277 e. The van der Waals surface area contributed by atoms with Gasteiger partial charge in [-0.05, 0) is 103 Å². The van der Waals surface area contributed by atoms with E-state index in [1.807, 2.05) is 41.3 Å². The van der Waals surface area contributed by atoms with Crippen molar-refractivity contribution in [2.75, 3.05) is 44.3 Å². The van der Waals surface area contributed by atoms with Crippen molar-refractivity contribution in [2.24, 2.45) is 0 Å². The number of carbonyl (C=O) groups is 4. The molecule has 318 valence electrons. The normalized spacial score (nSPS) is 16.6. The van der Waals surface area contributed by atoms with Crippen molar-refractivity contribution in [1.82, 2.24) is 34.9 Å². The zero-order chi connectivity index (χ0) is 42.9. The fourth-order valence-corrected chi connectivity index (χ4v) is 8.70. The Kier molecular flexibility index (Phi) is 11.5. The average molecular weight is 859 g/mol. The number of imide groups is 1. The Balaban J connectivity index is 0.762. The number of nitrogens with zero attached hydrogens (tertiary/aromatic N) is 5. The minimum Gasteiger partial charge on any atom is -0.372 e. The molecule has 2 aromatic heterocycles. The molecule has 0 bridgehead atoms. The van der Waals surface area contributed by atoms with Gasteiger partial charge >= 0.3 is 0 Å². The number of halogens is 2. The molecule has 2 fully saturated rings. The van der Waals surface area contributed by atoms with Gasteiger partial charge in [0.25, 0.3) is 11.5 Å². The molecule has 9 rings (SSSR count). The van der Waals surface area contributed by atoms with Crippen molar-refractivity contribution in [1.29, 1.82) is 0 Å². The van der Waals surface area contributed by atoms with E-state index in [1.54, 1.807) is 41.3 Å². The van der Waals surface area contributed by atoms with Crippen LogP contribution in [0.15, 0.2) is 89.7 Å². The van der Waals surface area contributed by atoms with E-state index < -0.39 is 11.9 Å². The van der Waals surface area contributed by atoms with E-state index in [0.29, 0.717) is 104 Å². The molecule has 0 saturated carbocycles.